The zero-order valence-electron chi connectivity index (χ0n) is 31.1. The Hall–Kier alpha value is -4.47. The Morgan fingerprint density at radius 3 is 2.16 bits per heavy atom. The molecule has 0 radical (unpaired) electrons. The molecule has 0 amide bonds. The van der Waals surface area contributed by atoms with Crippen LogP contribution in [0, 0.1) is 32.9 Å². The first-order valence-corrected chi connectivity index (χ1v) is 17.9. The molecule has 7 rings (SSSR count). The van der Waals surface area contributed by atoms with Crippen LogP contribution in [0.25, 0.3) is 44.4 Å². The Kier molecular flexibility index (Phi) is 10.2. The Morgan fingerprint density at radius 1 is 0.745 bits per heavy atom. The molecule has 0 N–H and O–H groups in total. The van der Waals surface area contributed by atoms with Gasteiger partial charge in [-0.15, -0.1) is 41.3 Å². The van der Waals surface area contributed by atoms with Gasteiger partial charge < -0.3 is 9.30 Å². The van der Waals surface area contributed by atoms with Gasteiger partial charge in [-0.3, -0.25) is 4.68 Å². The van der Waals surface area contributed by atoms with E-state index in [1.807, 2.05) is 16.9 Å². The summed E-state index contributed by atoms with van der Waals surface area (Å²) in [6.07, 6.45) is 4.77. The van der Waals surface area contributed by atoms with Gasteiger partial charge in [0.05, 0.1) is 5.69 Å². The van der Waals surface area contributed by atoms with E-state index in [0.717, 1.165) is 69.5 Å². The fourth-order valence-corrected chi connectivity index (χ4v) is 7.28. The summed E-state index contributed by atoms with van der Waals surface area (Å²) in [7, 11) is 0. The van der Waals surface area contributed by atoms with Gasteiger partial charge in [0, 0.05) is 34.5 Å². The molecule has 3 aromatic heterocycles. The van der Waals surface area contributed by atoms with Gasteiger partial charge in [0.1, 0.15) is 5.82 Å². The number of ether oxygens (including phenoxy) is 1. The monoisotopic (exact) mass is 853 g/mol. The number of rotatable bonds is 8. The molecule has 6 heteroatoms. The van der Waals surface area contributed by atoms with Gasteiger partial charge in [0.15, 0.2) is 0 Å². The molecule has 5 nitrogen and oxygen atoms in total. The number of fused-ring (bicyclic) bond motifs is 3. The van der Waals surface area contributed by atoms with Crippen molar-refractivity contribution in [3.05, 3.63) is 130 Å². The first-order chi connectivity index (χ1) is 24.0. The molecular weight excluding hydrogens is 808 g/mol. The number of hydrogen-bond acceptors (Lipinski definition) is 3. The summed E-state index contributed by atoms with van der Waals surface area (Å²) in [5.74, 6) is 2.12. The smallest absolute Gasteiger partial charge is 0.509 e. The van der Waals surface area contributed by atoms with E-state index in [-0.39, 0.29) is 26.5 Å². The number of para-hydroxylation sites is 1. The van der Waals surface area contributed by atoms with E-state index >= 15 is 0 Å². The molecule has 51 heavy (non-hydrogen) atoms. The van der Waals surface area contributed by atoms with E-state index in [1.54, 1.807) is 0 Å². The van der Waals surface area contributed by atoms with Gasteiger partial charge in [-0.05, 0) is 97.0 Å². The second-order valence-corrected chi connectivity index (χ2v) is 14.4. The van der Waals surface area contributed by atoms with Gasteiger partial charge in [0.25, 0.3) is 0 Å². The third-order valence-electron chi connectivity index (χ3n) is 9.90. The van der Waals surface area contributed by atoms with Crippen molar-refractivity contribution < 1.29 is 25.8 Å². The SMILES string of the molecule is CCc1ccnc(-n2c3[c-]c(Oc4[c-]c(-n5nc(C)c(-c6c(CC)cc(C)cc6CC)c5C)cc(C(C)(C)C)c4)ccc3c3ccccc32)c1.[Pt+2]. The van der Waals surface area contributed by atoms with Crippen LogP contribution in [0.2, 0.25) is 0 Å². The minimum absolute atomic E-state index is 0. The van der Waals surface area contributed by atoms with Gasteiger partial charge in [-0.2, -0.15) is 11.2 Å². The molecule has 0 saturated heterocycles. The van der Waals surface area contributed by atoms with Crippen molar-refractivity contribution >= 4 is 21.8 Å². The predicted octanol–water partition coefficient (Wildman–Crippen LogP) is 11.3. The fraction of sp³-hybridized carbons (Fsp3) is 0.289. The topological polar surface area (TPSA) is 44.9 Å². The van der Waals surface area contributed by atoms with Crippen LogP contribution >= 0.6 is 0 Å². The molecule has 3 heterocycles. The summed E-state index contributed by atoms with van der Waals surface area (Å²) < 4.78 is 10.9. The van der Waals surface area contributed by atoms with E-state index in [0.29, 0.717) is 11.5 Å². The van der Waals surface area contributed by atoms with Crippen molar-refractivity contribution in [3.8, 4) is 34.1 Å². The quantitative estimate of drug-likeness (QED) is 0.143. The van der Waals surface area contributed by atoms with Gasteiger partial charge in [-0.1, -0.05) is 83.0 Å². The third-order valence-corrected chi connectivity index (χ3v) is 9.90. The van der Waals surface area contributed by atoms with Crippen LogP contribution in [0.5, 0.6) is 11.5 Å². The third kappa shape index (κ3) is 6.69. The predicted molar refractivity (Wildman–Crippen MR) is 206 cm³/mol. The van der Waals surface area contributed by atoms with Crippen LogP contribution in [0.4, 0.5) is 0 Å². The van der Waals surface area contributed by atoms with Gasteiger partial charge in [-0.25, -0.2) is 4.98 Å². The van der Waals surface area contributed by atoms with E-state index < -0.39 is 0 Å². The van der Waals surface area contributed by atoms with Crippen LogP contribution in [0.3, 0.4) is 0 Å². The number of benzene rings is 4. The molecular formula is C45H46N4OPt. The second kappa shape index (κ2) is 14.3. The summed E-state index contributed by atoms with van der Waals surface area (Å²) >= 11 is 0. The van der Waals surface area contributed by atoms with Crippen molar-refractivity contribution in [3.63, 3.8) is 0 Å². The summed E-state index contributed by atoms with van der Waals surface area (Å²) in [6.45, 7) is 19.8. The summed E-state index contributed by atoms with van der Waals surface area (Å²) in [6, 6.07) is 33.0. The summed E-state index contributed by atoms with van der Waals surface area (Å²) in [4.78, 5) is 4.78. The van der Waals surface area contributed by atoms with Crippen molar-refractivity contribution in [2.75, 3.05) is 0 Å². The molecule has 0 bridgehead atoms. The molecule has 0 spiro atoms. The minimum Gasteiger partial charge on any atom is -0.509 e. The maximum absolute atomic E-state index is 6.68. The molecule has 4 aromatic carbocycles. The normalized spacial score (nSPS) is 11.7. The Balaban J connectivity index is 0.00000448. The molecule has 0 aliphatic carbocycles. The minimum atomic E-state index is -0.126. The zero-order chi connectivity index (χ0) is 35.3. The number of aryl methyl sites for hydroxylation is 5. The Bertz CT molecular complexity index is 2370. The molecule has 0 fully saturated rings. The average Bonchev–Trinajstić information content (AvgIpc) is 3.59. The summed E-state index contributed by atoms with van der Waals surface area (Å²) in [5, 5.41) is 7.40. The van der Waals surface area contributed by atoms with Crippen molar-refractivity contribution in [1.29, 1.82) is 0 Å². The van der Waals surface area contributed by atoms with E-state index in [4.69, 9.17) is 14.8 Å². The second-order valence-electron chi connectivity index (χ2n) is 14.4. The standard InChI is InChI=1S/C45H46N4O.Pt/c1-10-31-19-20-46-42(23-31)48-40-16-14-13-15-38(40)39-18-17-36(27-41(39)48)50-37-25-34(45(7,8)9)24-35(26-37)49-30(6)43(29(5)47-49)44-32(11-2)21-28(4)22-33(44)12-3;/h13-25H,10-12H2,1-9H3;/q-2;+2. The fourth-order valence-electron chi connectivity index (χ4n) is 7.28. The first kappa shape index (κ1) is 36.3. The number of aromatic nitrogens is 4. The maximum atomic E-state index is 6.68. The molecule has 262 valence electrons. The van der Waals surface area contributed by atoms with Gasteiger partial charge in [0.2, 0.25) is 0 Å². The number of hydrogen-bond donors (Lipinski definition) is 0. The molecule has 7 aromatic rings. The first-order valence-electron chi connectivity index (χ1n) is 17.9. The van der Waals surface area contributed by atoms with E-state index in [9.17, 15) is 0 Å². The van der Waals surface area contributed by atoms with Crippen LogP contribution in [-0.2, 0) is 45.7 Å². The zero-order valence-corrected chi connectivity index (χ0v) is 33.4. The molecule has 0 saturated carbocycles. The molecule has 0 aliphatic rings. The van der Waals surface area contributed by atoms with Crippen LogP contribution < -0.4 is 4.74 Å². The number of nitrogens with zero attached hydrogens (tertiary/aromatic N) is 4. The summed E-state index contributed by atoms with van der Waals surface area (Å²) in [5.41, 5.74) is 13.8. The molecule has 0 atom stereocenters. The number of pyridine rings is 1. The molecule has 0 aliphatic heterocycles. The van der Waals surface area contributed by atoms with Crippen molar-refractivity contribution in [2.24, 2.45) is 0 Å². The van der Waals surface area contributed by atoms with E-state index in [2.05, 4.69) is 146 Å². The maximum Gasteiger partial charge on any atom is 2.00 e. The van der Waals surface area contributed by atoms with Crippen LogP contribution in [-0.4, -0.2) is 19.3 Å². The average molecular weight is 854 g/mol. The van der Waals surface area contributed by atoms with E-state index in [1.165, 1.54) is 33.4 Å². The Labute approximate surface area is 317 Å². The largest absolute Gasteiger partial charge is 2.00 e. The Morgan fingerprint density at radius 2 is 1.47 bits per heavy atom. The molecule has 0 unspecified atom stereocenters. The van der Waals surface area contributed by atoms with Gasteiger partial charge >= 0.3 is 21.1 Å². The van der Waals surface area contributed by atoms with Crippen molar-refractivity contribution in [1.82, 2.24) is 19.3 Å². The van der Waals surface area contributed by atoms with Crippen LogP contribution in [0.1, 0.15) is 80.7 Å². The van der Waals surface area contributed by atoms with Crippen molar-refractivity contribution in [2.45, 2.75) is 87.0 Å². The van der Waals surface area contributed by atoms with Crippen LogP contribution in [0.15, 0.2) is 79.0 Å².